The Bertz CT molecular complexity index is 804. The second-order valence-corrected chi connectivity index (χ2v) is 5.40. The van der Waals surface area contributed by atoms with Gasteiger partial charge in [0.15, 0.2) is 24.2 Å². The second-order valence-electron chi connectivity index (χ2n) is 5.40. The quantitative estimate of drug-likeness (QED) is 0.516. The minimum absolute atomic E-state index is 0.211. The predicted molar refractivity (Wildman–Crippen MR) is 98.4 cm³/mol. The molecule has 0 saturated carbocycles. The van der Waals surface area contributed by atoms with Crippen LogP contribution in [0.4, 0.5) is 0 Å². The molecule has 0 heterocycles. The maximum Gasteiger partial charge on any atom is 0.344 e. The summed E-state index contributed by atoms with van der Waals surface area (Å²) in [4.78, 5) is 22.5. The number of rotatable bonds is 9. The van der Waals surface area contributed by atoms with Crippen LogP contribution in [-0.2, 0) is 9.59 Å². The van der Waals surface area contributed by atoms with Crippen molar-refractivity contribution in [2.75, 3.05) is 13.7 Å². The molecule has 0 fully saturated rings. The Morgan fingerprint density at radius 3 is 2.44 bits per heavy atom. The summed E-state index contributed by atoms with van der Waals surface area (Å²) in [5.74, 6) is -0.0407. The number of hydrogen-bond acceptors (Lipinski definition) is 6. The smallest absolute Gasteiger partial charge is 0.344 e. The van der Waals surface area contributed by atoms with Crippen molar-refractivity contribution in [1.29, 1.82) is 0 Å². The summed E-state index contributed by atoms with van der Waals surface area (Å²) < 4.78 is 15.7. The van der Waals surface area contributed by atoms with Gasteiger partial charge in [0.2, 0.25) is 0 Å². The number of carboxylic acid groups (broad SMARTS) is 1. The van der Waals surface area contributed by atoms with Gasteiger partial charge in [0.05, 0.1) is 13.3 Å². The van der Waals surface area contributed by atoms with E-state index >= 15 is 0 Å². The van der Waals surface area contributed by atoms with Crippen molar-refractivity contribution in [1.82, 2.24) is 5.43 Å². The Hall–Kier alpha value is -3.55. The van der Waals surface area contributed by atoms with E-state index in [0.717, 1.165) is 0 Å². The zero-order chi connectivity index (χ0) is 19.6. The van der Waals surface area contributed by atoms with E-state index in [-0.39, 0.29) is 6.61 Å². The van der Waals surface area contributed by atoms with Crippen molar-refractivity contribution in [3.8, 4) is 17.2 Å². The number of amides is 1. The van der Waals surface area contributed by atoms with Gasteiger partial charge in [0.1, 0.15) is 5.75 Å². The highest BCUT2D eigenvalue weighted by atomic mass is 16.5. The van der Waals surface area contributed by atoms with Gasteiger partial charge < -0.3 is 19.3 Å². The number of carbonyl (C=O) groups excluding carboxylic acids is 1. The Morgan fingerprint density at radius 1 is 1.15 bits per heavy atom. The van der Waals surface area contributed by atoms with Gasteiger partial charge in [0.25, 0.3) is 5.91 Å². The highest BCUT2D eigenvalue weighted by Crippen LogP contribution is 2.25. The molecule has 27 heavy (non-hydrogen) atoms. The number of hydrogen-bond donors (Lipinski definition) is 2. The molecule has 1 amide bonds. The molecule has 8 heteroatoms. The molecule has 0 aliphatic heterocycles. The number of carboxylic acids is 1. The van der Waals surface area contributed by atoms with Crippen LogP contribution < -0.4 is 19.6 Å². The van der Waals surface area contributed by atoms with Crippen LogP contribution in [0, 0.1) is 0 Å². The molecule has 8 nitrogen and oxygen atoms in total. The monoisotopic (exact) mass is 372 g/mol. The van der Waals surface area contributed by atoms with E-state index < -0.39 is 18.0 Å². The molecule has 0 saturated heterocycles. The Balaban J connectivity index is 1.80. The van der Waals surface area contributed by atoms with E-state index in [1.54, 1.807) is 48.5 Å². The van der Waals surface area contributed by atoms with E-state index in [2.05, 4.69) is 10.5 Å². The van der Waals surface area contributed by atoms with Gasteiger partial charge in [0, 0.05) is 0 Å². The van der Waals surface area contributed by atoms with Crippen LogP contribution in [0.5, 0.6) is 17.2 Å². The number of aliphatic carboxylic acids is 1. The summed E-state index contributed by atoms with van der Waals surface area (Å²) in [7, 11) is 1.52. The Kier molecular flexibility index (Phi) is 7.18. The zero-order valence-electron chi connectivity index (χ0n) is 14.9. The summed E-state index contributed by atoms with van der Waals surface area (Å²) in [5, 5.41) is 12.7. The van der Waals surface area contributed by atoms with E-state index in [1.807, 2.05) is 0 Å². The van der Waals surface area contributed by atoms with Gasteiger partial charge in [-0.15, -0.1) is 0 Å². The third kappa shape index (κ3) is 6.35. The summed E-state index contributed by atoms with van der Waals surface area (Å²) >= 11 is 0. The van der Waals surface area contributed by atoms with E-state index in [0.29, 0.717) is 22.8 Å². The number of ether oxygens (including phenoxy) is 3. The topological polar surface area (TPSA) is 106 Å². The molecule has 2 aromatic carbocycles. The molecule has 2 rings (SSSR count). The normalized spacial score (nSPS) is 11.6. The summed E-state index contributed by atoms with van der Waals surface area (Å²) in [6.45, 7) is 1.23. The van der Waals surface area contributed by atoms with Crippen molar-refractivity contribution in [2.45, 2.75) is 13.0 Å². The molecule has 0 aliphatic rings. The summed E-state index contributed by atoms with van der Waals surface area (Å²) in [5.41, 5.74) is 3.06. The standard InChI is InChI=1S/C19H20N2O6/c1-13(19(23)24)27-15-9-7-14(8-10-15)11-20-21-18(22)12-26-17-6-4-3-5-16(17)25-2/h3-11,13H,12H2,1-2H3,(H,21,22)(H,23,24)/b20-11+/t13-/m0/s1. The molecule has 2 N–H and O–H groups in total. The van der Waals surface area contributed by atoms with E-state index in [4.69, 9.17) is 19.3 Å². The fourth-order valence-electron chi connectivity index (χ4n) is 1.98. The zero-order valence-corrected chi connectivity index (χ0v) is 14.9. The molecule has 1 atom stereocenters. The minimum atomic E-state index is -1.04. The van der Waals surface area contributed by atoms with Crippen LogP contribution in [0.1, 0.15) is 12.5 Å². The lowest BCUT2D eigenvalue weighted by atomic mass is 10.2. The molecule has 0 aromatic heterocycles. The molecule has 142 valence electrons. The fraction of sp³-hybridized carbons (Fsp3) is 0.211. The van der Waals surface area contributed by atoms with Crippen LogP contribution in [0.2, 0.25) is 0 Å². The number of nitrogens with zero attached hydrogens (tertiary/aromatic N) is 1. The predicted octanol–water partition coefficient (Wildman–Crippen LogP) is 2.08. The van der Waals surface area contributed by atoms with Crippen LogP contribution in [0.3, 0.4) is 0 Å². The minimum Gasteiger partial charge on any atom is -0.493 e. The van der Waals surface area contributed by atoms with Crippen LogP contribution in [0.15, 0.2) is 53.6 Å². The molecule has 0 spiro atoms. The fourth-order valence-corrected chi connectivity index (χ4v) is 1.98. The van der Waals surface area contributed by atoms with Gasteiger partial charge >= 0.3 is 5.97 Å². The lowest BCUT2D eigenvalue weighted by Gasteiger charge is -2.10. The average Bonchev–Trinajstić information content (AvgIpc) is 2.67. The molecule has 0 unspecified atom stereocenters. The maximum absolute atomic E-state index is 11.8. The van der Waals surface area contributed by atoms with Crippen LogP contribution in [-0.4, -0.2) is 43.0 Å². The van der Waals surface area contributed by atoms with Gasteiger partial charge in [-0.3, -0.25) is 4.79 Å². The molecule has 0 bridgehead atoms. The lowest BCUT2D eigenvalue weighted by molar-refractivity contribution is -0.144. The third-order valence-corrected chi connectivity index (χ3v) is 3.37. The van der Waals surface area contributed by atoms with Gasteiger partial charge in [-0.05, 0) is 48.9 Å². The first-order chi connectivity index (χ1) is 13.0. The number of methoxy groups -OCH3 is 1. The summed E-state index contributed by atoms with van der Waals surface area (Å²) in [6.07, 6.45) is 0.512. The molecule has 2 aromatic rings. The van der Waals surface area contributed by atoms with Crippen molar-refractivity contribution < 1.29 is 28.9 Å². The maximum atomic E-state index is 11.8. The number of para-hydroxylation sites is 2. The Labute approximate surface area is 156 Å². The second kappa shape index (κ2) is 9.81. The first kappa shape index (κ1) is 19.8. The molecule has 0 aliphatic carbocycles. The van der Waals surface area contributed by atoms with Crippen molar-refractivity contribution >= 4 is 18.1 Å². The highest BCUT2D eigenvalue weighted by Gasteiger charge is 2.11. The van der Waals surface area contributed by atoms with Crippen molar-refractivity contribution in [2.24, 2.45) is 5.10 Å². The van der Waals surface area contributed by atoms with Gasteiger partial charge in [-0.25, -0.2) is 10.2 Å². The number of hydrazone groups is 1. The third-order valence-electron chi connectivity index (χ3n) is 3.37. The average molecular weight is 372 g/mol. The van der Waals surface area contributed by atoms with Crippen molar-refractivity contribution in [3.63, 3.8) is 0 Å². The highest BCUT2D eigenvalue weighted by molar-refractivity contribution is 5.83. The number of benzene rings is 2. The summed E-state index contributed by atoms with van der Waals surface area (Å²) in [6, 6.07) is 13.6. The van der Waals surface area contributed by atoms with Crippen LogP contribution in [0.25, 0.3) is 0 Å². The number of nitrogens with one attached hydrogen (secondary N) is 1. The largest absolute Gasteiger partial charge is 0.493 e. The van der Waals surface area contributed by atoms with E-state index in [9.17, 15) is 9.59 Å². The van der Waals surface area contributed by atoms with Crippen molar-refractivity contribution in [3.05, 3.63) is 54.1 Å². The van der Waals surface area contributed by atoms with Gasteiger partial charge in [-0.1, -0.05) is 12.1 Å². The molecule has 0 radical (unpaired) electrons. The van der Waals surface area contributed by atoms with Crippen LogP contribution >= 0.6 is 0 Å². The first-order valence-corrected chi connectivity index (χ1v) is 8.07. The molecular weight excluding hydrogens is 352 g/mol. The van der Waals surface area contributed by atoms with Gasteiger partial charge in [-0.2, -0.15) is 5.10 Å². The lowest BCUT2D eigenvalue weighted by Crippen LogP contribution is -2.24. The van der Waals surface area contributed by atoms with E-state index in [1.165, 1.54) is 20.2 Å². The first-order valence-electron chi connectivity index (χ1n) is 8.07. The SMILES string of the molecule is COc1ccccc1OCC(=O)N/N=C/c1ccc(O[C@@H](C)C(=O)O)cc1. The molecular formula is C19H20N2O6. The number of carbonyl (C=O) groups is 2. The Morgan fingerprint density at radius 2 is 1.81 bits per heavy atom.